The highest BCUT2D eigenvalue weighted by Crippen LogP contribution is 2.41. The number of imidazole rings is 1. The molecule has 1 aromatic carbocycles. The summed E-state index contributed by atoms with van der Waals surface area (Å²) in [4.78, 5) is 4.72. The Bertz CT molecular complexity index is 626. The van der Waals surface area contributed by atoms with Crippen LogP contribution >= 0.6 is 0 Å². The van der Waals surface area contributed by atoms with Crippen LogP contribution in [0.3, 0.4) is 0 Å². The number of hydrogen-bond acceptors (Lipinski definition) is 2. The minimum absolute atomic E-state index is 0.666. The van der Waals surface area contributed by atoms with E-state index in [4.69, 9.17) is 9.72 Å². The van der Waals surface area contributed by atoms with E-state index in [0.29, 0.717) is 5.92 Å². The van der Waals surface area contributed by atoms with E-state index in [1.165, 1.54) is 29.8 Å². The lowest BCUT2D eigenvalue weighted by Gasteiger charge is -2.13. The van der Waals surface area contributed by atoms with Crippen molar-refractivity contribution < 1.29 is 4.74 Å². The lowest BCUT2D eigenvalue weighted by atomic mass is 10.0. The molecule has 22 heavy (non-hydrogen) atoms. The van der Waals surface area contributed by atoms with Gasteiger partial charge in [0.25, 0.3) is 0 Å². The normalized spacial score (nSPS) is 14.5. The minimum atomic E-state index is 0.666. The maximum absolute atomic E-state index is 5.46. The molecule has 0 aliphatic heterocycles. The van der Waals surface area contributed by atoms with Gasteiger partial charge in [-0.15, -0.1) is 0 Å². The quantitative estimate of drug-likeness (QED) is 0.765. The molecule has 0 N–H and O–H groups in total. The number of hydrogen-bond donors (Lipinski definition) is 0. The van der Waals surface area contributed by atoms with Crippen molar-refractivity contribution in [3.8, 4) is 5.75 Å². The summed E-state index contributed by atoms with van der Waals surface area (Å²) in [6.07, 6.45) is 6.78. The zero-order valence-corrected chi connectivity index (χ0v) is 13.9. The Morgan fingerprint density at radius 1 is 1.27 bits per heavy atom. The zero-order valence-electron chi connectivity index (χ0n) is 13.9. The molecule has 1 aromatic heterocycles. The van der Waals surface area contributed by atoms with E-state index in [0.717, 1.165) is 31.1 Å². The van der Waals surface area contributed by atoms with Crippen molar-refractivity contribution in [1.29, 1.82) is 0 Å². The van der Waals surface area contributed by atoms with Gasteiger partial charge < -0.3 is 9.30 Å². The molecule has 0 amide bonds. The van der Waals surface area contributed by atoms with Crippen LogP contribution in [-0.2, 0) is 19.4 Å². The predicted molar refractivity (Wildman–Crippen MR) is 89.4 cm³/mol. The smallest absolute Gasteiger partial charge is 0.122 e. The first-order valence-electron chi connectivity index (χ1n) is 8.34. The van der Waals surface area contributed by atoms with E-state index < -0.39 is 0 Å². The van der Waals surface area contributed by atoms with Crippen molar-refractivity contribution >= 4 is 0 Å². The van der Waals surface area contributed by atoms with Gasteiger partial charge in [0.05, 0.1) is 19.1 Å². The SMILES string of the molecule is COc1ccccc1CCn1cnc(C2CC2)c1CC(C)C. The fourth-order valence-corrected chi connectivity index (χ4v) is 3.07. The number of para-hydroxylation sites is 1. The van der Waals surface area contributed by atoms with Crippen LogP contribution in [0, 0.1) is 5.92 Å². The van der Waals surface area contributed by atoms with Gasteiger partial charge in [-0.25, -0.2) is 4.98 Å². The third-order valence-electron chi connectivity index (χ3n) is 4.36. The Morgan fingerprint density at radius 3 is 2.73 bits per heavy atom. The molecule has 0 radical (unpaired) electrons. The largest absolute Gasteiger partial charge is 0.496 e. The average molecular weight is 298 g/mol. The van der Waals surface area contributed by atoms with Crippen LogP contribution in [-0.4, -0.2) is 16.7 Å². The number of aryl methyl sites for hydroxylation is 2. The molecule has 0 spiro atoms. The van der Waals surface area contributed by atoms with Crippen LogP contribution in [0.5, 0.6) is 5.75 Å². The van der Waals surface area contributed by atoms with Gasteiger partial charge >= 0.3 is 0 Å². The first kappa shape index (κ1) is 15.1. The minimum Gasteiger partial charge on any atom is -0.496 e. The van der Waals surface area contributed by atoms with Gasteiger partial charge in [-0.2, -0.15) is 0 Å². The third kappa shape index (κ3) is 3.34. The molecule has 0 saturated heterocycles. The maximum Gasteiger partial charge on any atom is 0.122 e. The van der Waals surface area contributed by atoms with Crippen molar-refractivity contribution in [3.05, 3.63) is 47.5 Å². The molecule has 3 heteroatoms. The molecule has 1 aliphatic carbocycles. The van der Waals surface area contributed by atoms with Crippen molar-refractivity contribution in [2.75, 3.05) is 7.11 Å². The van der Waals surface area contributed by atoms with E-state index in [9.17, 15) is 0 Å². The number of benzene rings is 1. The molecule has 1 saturated carbocycles. The molecule has 1 heterocycles. The summed E-state index contributed by atoms with van der Waals surface area (Å²) >= 11 is 0. The zero-order chi connectivity index (χ0) is 15.5. The Morgan fingerprint density at radius 2 is 2.05 bits per heavy atom. The third-order valence-corrected chi connectivity index (χ3v) is 4.36. The summed E-state index contributed by atoms with van der Waals surface area (Å²) in [6.45, 7) is 5.55. The van der Waals surface area contributed by atoms with E-state index in [2.05, 4.69) is 30.5 Å². The average Bonchev–Trinajstić information content (AvgIpc) is 3.28. The second-order valence-corrected chi connectivity index (χ2v) is 6.70. The molecule has 0 bridgehead atoms. The van der Waals surface area contributed by atoms with Gasteiger partial charge in [0.15, 0.2) is 0 Å². The van der Waals surface area contributed by atoms with Crippen molar-refractivity contribution in [3.63, 3.8) is 0 Å². The number of ether oxygens (including phenoxy) is 1. The van der Waals surface area contributed by atoms with Crippen LogP contribution in [0.4, 0.5) is 0 Å². The number of nitrogens with zero attached hydrogens (tertiary/aromatic N) is 2. The molecule has 0 atom stereocenters. The highest BCUT2D eigenvalue weighted by atomic mass is 16.5. The molecule has 118 valence electrons. The summed E-state index contributed by atoms with van der Waals surface area (Å²) in [7, 11) is 1.74. The molecule has 3 nitrogen and oxygen atoms in total. The molecule has 1 fully saturated rings. The lowest BCUT2D eigenvalue weighted by Crippen LogP contribution is -2.09. The van der Waals surface area contributed by atoms with Crippen LogP contribution in [0.25, 0.3) is 0 Å². The summed E-state index contributed by atoms with van der Waals surface area (Å²) in [6, 6.07) is 8.29. The number of aromatic nitrogens is 2. The van der Waals surface area contributed by atoms with Crippen LogP contribution in [0.1, 0.15) is 49.6 Å². The standard InChI is InChI=1S/C19H26N2O/c1-14(2)12-17-19(16-8-9-16)20-13-21(17)11-10-15-6-4-5-7-18(15)22-3/h4-7,13-14,16H,8-12H2,1-3H3. The molecule has 2 aromatic rings. The van der Waals surface area contributed by atoms with E-state index in [1.807, 2.05) is 18.5 Å². The maximum atomic E-state index is 5.46. The van der Waals surface area contributed by atoms with E-state index in [-0.39, 0.29) is 0 Å². The molecular weight excluding hydrogens is 272 g/mol. The van der Waals surface area contributed by atoms with Gasteiger partial charge in [0, 0.05) is 18.2 Å². The summed E-state index contributed by atoms with van der Waals surface area (Å²) in [5.41, 5.74) is 4.07. The first-order chi connectivity index (χ1) is 10.7. The van der Waals surface area contributed by atoms with Crippen LogP contribution in [0.2, 0.25) is 0 Å². The van der Waals surface area contributed by atoms with E-state index in [1.54, 1.807) is 7.11 Å². The highest BCUT2D eigenvalue weighted by Gasteiger charge is 2.29. The Labute approximate surface area is 133 Å². The monoisotopic (exact) mass is 298 g/mol. The van der Waals surface area contributed by atoms with Gasteiger partial charge in [-0.05, 0) is 43.2 Å². The fraction of sp³-hybridized carbons (Fsp3) is 0.526. The summed E-state index contributed by atoms with van der Waals surface area (Å²) < 4.78 is 7.82. The lowest BCUT2D eigenvalue weighted by molar-refractivity contribution is 0.408. The van der Waals surface area contributed by atoms with Crippen molar-refractivity contribution in [2.24, 2.45) is 5.92 Å². The van der Waals surface area contributed by atoms with Gasteiger partial charge in [0.1, 0.15) is 5.75 Å². The molecule has 3 rings (SSSR count). The van der Waals surface area contributed by atoms with E-state index >= 15 is 0 Å². The molecular formula is C19H26N2O. The Hall–Kier alpha value is -1.77. The van der Waals surface area contributed by atoms with Gasteiger partial charge in [-0.3, -0.25) is 0 Å². The molecule has 1 aliphatic rings. The molecule has 0 unspecified atom stereocenters. The first-order valence-corrected chi connectivity index (χ1v) is 8.34. The topological polar surface area (TPSA) is 27.1 Å². The van der Waals surface area contributed by atoms with Crippen molar-refractivity contribution in [1.82, 2.24) is 9.55 Å². The van der Waals surface area contributed by atoms with Gasteiger partial charge in [-0.1, -0.05) is 32.0 Å². The van der Waals surface area contributed by atoms with Crippen LogP contribution < -0.4 is 4.74 Å². The Balaban J connectivity index is 1.77. The van der Waals surface area contributed by atoms with Crippen molar-refractivity contribution in [2.45, 2.75) is 52.0 Å². The summed E-state index contributed by atoms with van der Waals surface area (Å²) in [5, 5.41) is 0. The fourth-order valence-electron chi connectivity index (χ4n) is 3.07. The summed E-state index contributed by atoms with van der Waals surface area (Å²) in [5.74, 6) is 2.37. The number of methoxy groups -OCH3 is 1. The van der Waals surface area contributed by atoms with Gasteiger partial charge in [0.2, 0.25) is 0 Å². The number of rotatable bonds is 7. The second-order valence-electron chi connectivity index (χ2n) is 6.70. The Kier molecular flexibility index (Phi) is 4.51. The second kappa shape index (κ2) is 6.55. The van der Waals surface area contributed by atoms with Crippen LogP contribution in [0.15, 0.2) is 30.6 Å². The highest BCUT2D eigenvalue weighted by molar-refractivity contribution is 5.33. The predicted octanol–water partition coefficient (Wildman–Crippen LogP) is 4.21.